The second-order valence-corrected chi connectivity index (χ2v) is 6.97. The van der Waals surface area contributed by atoms with Gasteiger partial charge in [-0.05, 0) is 13.0 Å². The summed E-state index contributed by atoms with van der Waals surface area (Å²) in [6.07, 6.45) is 3.19. The number of likely N-dealkylation sites (tertiary alicyclic amines) is 1. The Kier molecular flexibility index (Phi) is 4.39. The van der Waals surface area contributed by atoms with Crippen LogP contribution >= 0.6 is 0 Å². The van der Waals surface area contributed by atoms with Gasteiger partial charge in [0.1, 0.15) is 5.75 Å². The topological polar surface area (TPSA) is 41.9 Å². The van der Waals surface area contributed by atoms with E-state index in [2.05, 4.69) is 12.1 Å². The molecule has 0 aromatic heterocycles. The Morgan fingerprint density at radius 2 is 2.04 bits per heavy atom. The molecule has 1 saturated heterocycles. The first-order valence-electron chi connectivity index (χ1n) is 8.35. The largest absolute Gasteiger partial charge is 0.496 e. The summed E-state index contributed by atoms with van der Waals surface area (Å²) in [7, 11) is 3.85. The minimum atomic E-state index is -0.0483. The number of amides is 1. The van der Waals surface area contributed by atoms with Gasteiger partial charge in [-0.1, -0.05) is 18.2 Å². The molecule has 0 radical (unpaired) electrons. The van der Waals surface area contributed by atoms with Crippen LogP contribution in [0.15, 0.2) is 29.4 Å². The van der Waals surface area contributed by atoms with Crippen LogP contribution < -0.4 is 4.74 Å². The van der Waals surface area contributed by atoms with Gasteiger partial charge in [-0.25, -0.2) is 5.01 Å². The first-order chi connectivity index (χ1) is 11.0. The number of ether oxygens (including phenoxy) is 1. The SMILES string of the molecule is COc1ccccc1C1CC(C)=NN1C(=O)C[N+]1(C)CCCC1. The van der Waals surface area contributed by atoms with Crippen molar-refractivity contribution in [3.05, 3.63) is 29.8 Å². The Balaban J connectivity index is 1.82. The summed E-state index contributed by atoms with van der Waals surface area (Å²) in [6.45, 7) is 4.69. The number of nitrogens with zero attached hydrogens (tertiary/aromatic N) is 3. The van der Waals surface area contributed by atoms with Crippen molar-refractivity contribution in [2.24, 2.45) is 5.10 Å². The number of hydrazone groups is 1. The quantitative estimate of drug-likeness (QED) is 0.801. The molecule has 1 fully saturated rings. The fourth-order valence-electron chi connectivity index (χ4n) is 3.73. The van der Waals surface area contributed by atoms with Crippen molar-refractivity contribution in [2.75, 3.05) is 33.8 Å². The normalized spacial score (nSPS) is 23.0. The van der Waals surface area contributed by atoms with E-state index in [0.29, 0.717) is 6.54 Å². The fourth-order valence-corrected chi connectivity index (χ4v) is 3.73. The van der Waals surface area contributed by atoms with Gasteiger partial charge in [0.05, 0.1) is 33.3 Å². The number of hydrogen-bond acceptors (Lipinski definition) is 3. The summed E-state index contributed by atoms with van der Waals surface area (Å²) in [6, 6.07) is 7.87. The number of carbonyl (C=O) groups is 1. The molecule has 1 amide bonds. The van der Waals surface area contributed by atoms with Gasteiger partial charge in [-0.3, -0.25) is 4.79 Å². The van der Waals surface area contributed by atoms with Crippen molar-refractivity contribution in [2.45, 2.75) is 32.2 Å². The van der Waals surface area contributed by atoms with Gasteiger partial charge in [0.15, 0.2) is 6.54 Å². The van der Waals surface area contributed by atoms with E-state index in [0.717, 1.165) is 41.0 Å². The Labute approximate surface area is 138 Å². The highest BCUT2D eigenvalue weighted by Gasteiger charge is 2.37. The van der Waals surface area contributed by atoms with Crippen LogP contribution in [-0.2, 0) is 4.79 Å². The molecule has 0 N–H and O–H groups in total. The van der Waals surface area contributed by atoms with E-state index in [-0.39, 0.29) is 11.9 Å². The monoisotopic (exact) mass is 316 g/mol. The molecule has 0 saturated carbocycles. The van der Waals surface area contributed by atoms with Crippen molar-refractivity contribution in [1.82, 2.24) is 5.01 Å². The summed E-state index contributed by atoms with van der Waals surface area (Å²) in [4.78, 5) is 12.9. The molecule has 2 aliphatic heterocycles. The van der Waals surface area contributed by atoms with Crippen molar-refractivity contribution < 1.29 is 14.0 Å². The van der Waals surface area contributed by atoms with Gasteiger partial charge >= 0.3 is 0 Å². The number of benzene rings is 1. The zero-order valence-corrected chi connectivity index (χ0v) is 14.3. The lowest BCUT2D eigenvalue weighted by atomic mass is 10.0. The standard InChI is InChI=1S/C18H26N3O2/c1-14-12-16(15-8-4-5-9-17(15)23-3)20(19-14)18(22)13-21(2)10-6-7-11-21/h4-5,8-9,16H,6-7,10-13H2,1-3H3/q+1. The highest BCUT2D eigenvalue weighted by atomic mass is 16.5. The average Bonchev–Trinajstić information content (AvgIpc) is 3.13. The number of likely N-dealkylation sites (N-methyl/N-ethyl adjacent to an activating group) is 1. The van der Waals surface area contributed by atoms with Crippen LogP contribution in [0.3, 0.4) is 0 Å². The lowest BCUT2D eigenvalue weighted by Crippen LogP contribution is -2.48. The predicted octanol–water partition coefficient (Wildman–Crippen LogP) is 2.58. The van der Waals surface area contributed by atoms with Crippen molar-refractivity contribution in [3.8, 4) is 5.75 Å². The van der Waals surface area contributed by atoms with E-state index in [9.17, 15) is 4.79 Å². The molecule has 23 heavy (non-hydrogen) atoms. The molecular formula is C18H26N3O2+. The lowest BCUT2D eigenvalue weighted by Gasteiger charge is -2.31. The highest BCUT2D eigenvalue weighted by molar-refractivity contribution is 5.89. The molecule has 1 aromatic rings. The van der Waals surface area contributed by atoms with Crippen molar-refractivity contribution >= 4 is 11.6 Å². The fraction of sp³-hybridized carbons (Fsp3) is 0.556. The van der Waals surface area contributed by atoms with Crippen molar-refractivity contribution in [3.63, 3.8) is 0 Å². The maximum Gasteiger partial charge on any atom is 0.298 e. The smallest absolute Gasteiger partial charge is 0.298 e. The molecule has 1 unspecified atom stereocenters. The number of para-hydroxylation sites is 1. The number of carbonyl (C=O) groups excluding carboxylic acids is 1. The summed E-state index contributed by atoms with van der Waals surface area (Å²) in [5.74, 6) is 0.934. The third-order valence-corrected chi connectivity index (χ3v) is 4.98. The molecule has 5 heteroatoms. The number of hydrogen-bond donors (Lipinski definition) is 0. The van der Waals surface area contributed by atoms with Crippen LogP contribution in [0.25, 0.3) is 0 Å². The Hall–Kier alpha value is -1.88. The minimum absolute atomic E-state index is 0.0483. The molecule has 0 bridgehead atoms. The zero-order chi connectivity index (χ0) is 16.4. The number of methoxy groups -OCH3 is 1. The molecule has 5 nitrogen and oxygen atoms in total. The maximum atomic E-state index is 12.9. The van der Waals surface area contributed by atoms with E-state index >= 15 is 0 Å². The van der Waals surface area contributed by atoms with Crippen LogP contribution in [0.4, 0.5) is 0 Å². The first kappa shape index (κ1) is 16.0. The van der Waals surface area contributed by atoms with E-state index in [4.69, 9.17) is 4.74 Å². The van der Waals surface area contributed by atoms with Gasteiger partial charge < -0.3 is 9.22 Å². The molecule has 2 heterocycles. The number of rotatable bonds is 4. The van der Waals surface area contributed by atoms with E-state index < -0.39 is 0 Å². The van der Waals surface area contributed by atoms with Crippen LogP contribution in [0.2, 0.25) is 0 Å². The molecule has 1 aromatic carbocycles. The van der Waals surface area contributed by atoms with Gasteiger partial charge in [0.2, 0.25) is 0 Å². The predicted molar refractivity (Wildman–Crippen MR) is 90.3 cm³/mol. The molecular weight excluding hydrogens is 290 g/mol. The van der Waals surface area contributed by atoms with Gasteiger partial charge in [0, 0.05) is 30.5 Å². The van der Waals surface area contributed by atoms with Gasteiger partial charge in [-0.2, -0.15) is 5.10 Å². The van der Waals surface area contributed by atoms with Crippen LogP contribution in [0, 0.1) is 0 Å². The Morgan fingerprint density at radius 3 is 2.74 bits per heavy atom. The Morgan fingerprint density at radius 1 is 1.35 bits per heavy atom. The van der Waals surface area contributed by atoms with Crippen LogP contribution in [0.1, 0.15) is 37.8 Å². The first-order valence-corrected chi connectivity index (χ1v) is 8.35. The van der Waals surface area contributed by atoms with Crippen LogP contribution in [-0.4, -0.2) is 54.9 Å². The van der Waals surface area contributed by atoms with Gasteiger partial charge in [0.25, 0.3) is 5.91 Å². The highest BCUT2D eigenvalue weighted by Crippen LogP contribution is 2.36. The summed E-state index contributed by atoms with van der Waals surface area (Å²) in [5.41, 5.74) is 2.03. The molecule has 3 rings (SSSR count). The average molecular weight is 316 g/mol. The van der Waals surface area contributed by atoms with Crippen LogP contribution in [0.5, 0.6) is 5.75 Å². The van der Waals surface area contributed by atoms with E-state index in [1.54, 1.807) is 12.1 Å². The molecule has 0 spiro atoms. The summed E-state index contributed by atoms with van der Waals surface area (Å²) >= 11 is 0. The van der Waals surface area contributed by atoms with Crippen molar-refractivity contribution in [1.29, 1.82) is 0 Å². The summed E-state index contributed by atoms with van der Waals surface area (Å²) in [5, 5.41) is 6.22. The molecule has 1 atom stereocenters. The number of quaternary nitrogens is 1. The Bertz CT molecular complexity index is 620. The van der Waals surface area contributed by atoms with E-state index in [1.165, 1.54) is 12.8 Å². The third kappa shape index (κ3) is 3.24. The lowest BCUT2D eigenvalue weighted by molar-refractivity contribution is -0.890. The molecule has 0 aliphatic carbocycles. The second kappa shape index (κ2) is 6.32. The molecule has 2 aliphatic rings. The third-order valence-electron chi connectivity index (χ3n) is 4.98. The zero-order valence-electron chi connectivity index (χ0n) is 14.3. The molecule has 124 valence electrons. The summed E-state index contributed by atoms with van der Waals surface area (Å²) < 4.78 is 6.32. The van der Waals surface area contributed by atoms with E-state index in [1.807, 2.05) is 31.2 Å². The van der Waals surface area contributed by atoms with Gasteiger partial charge in [-0.15, -0.1) is 0 Å². The second-order valence-electron chi connectivity index (χ2n) is 6.97. The maximum absolute atomic E-state index is 12.9. The minimum Gasteiger partial charge on any atom is -0.496 e.